The van der Waals surface area contributed by atoms with Gasteiger partial charge in [-0.3, -0.25) is 4.79 Å². The maximum absolute atomic E-state index is 12.3. The number of nitrogens with zero attached hydrogens (tertiary/aromatic N) is 3. The van der Waals surface area contributed by atoms with Crippen LogP contribution >= 0.6 is 0 Å². The molecule has 23 heavy (non-hydrogen) atoms. The summed E-state index contributed by atoms with van der Waals surface area (Å²) in [4.78, 5) is 18.5. The second-order valence-corrected chi connectivity index (χ2v) is 6.31. The number of likely N-dealkylation sites (tertiary alicyclic amines) is 1. The van der Waals surface area contributed by atoms with Crippen LogP contribution in [0.4, 0.5) is 0 Å². The van der Waals surface area contributed by atoms with Gasteiger partial charge in [-0.2, -0.15) is 4.98 Å². The standard InChI is InChI=1S/C16H25N3O4/c1-12-17-16(18-23-12)13-4-2-7-19(10-13)15(20)6-9-21-11-14-5-3-8-22-14/h13-14H,2-11H2,1H3/t13-,14-/m0/s1. The van der Waals surface area contributed by atoms with E-state index in [1.807, 2.05) is 4.90 Å². The van der Waals surface area contributed by atoms with Crippen LogP contribution in [0.15, 0.2) is 4.52 Å². The summed E-state index contributed by atoms with van der Waals surface area (Å²) < 4.78 is 16.1. The molecule has 3 rings (SSSR count). The van der Waals surface area contributed by atoms with Crippen LogP contribution in [0.2, 0.25) is 0 Å². The molecule has 2 aliphatic heterocycles. The fourth-order valence-electron chi connectivity index (χ4n) is 3.20. The third kappa shape index (κ3) is 4.51. The van der Waals surface area contributed by atoms with Gasteiger partial charge in [-0.05, 0) is 25.7 Å². The maximum Gasteiger partial charge on any atom is 0.224 e. The number of carbonyl (C=O) groups is 1. The lowest BCUT2D eigenvalue weighted by atomic mass is 9.97. The van der Waals surface area contributed by atoms with Crippen molar-refractivity contribution in [3.63, 3.8) is 0 Å². The number of hydrogen-bond acceptors (Lipinski definition) is 6. The average Bonchev–Trinajstić information content (AvgIpc) is 3.23. The van der Waals surface area contributed by atoms with Crippen LogP contribution in [0, 0.1) is 6.92 Å². The molecule has 128 valence electrons. The van der Waals surface area contributed by atoms with E-state index >= 15 is 0 Å². The minimum atomic E-state index is 0.141. The largest absolute Gasteiger partial charge is 0.378 e. The summed E-state index contributed by atoms with van der Waals surface area (Å²) in [7, 11) is 0. The minimum Gasteiger partial charge on any atom is -0.378 e. The molecule has 0 unspecified atom stereocenters. The first kappa shape index (κ1) is 16.4. The lowest BCUT2D eigenvalue weighted by Crippen LogP contribution is -2.39. The van der Waals surface area contributed by atoms with E-state index in [4.69, 9.17) is 14.0 Å². The van der Waals surface area contributed by atoms with Gasteiger partial charge in [-0.15, -0.1) is 0 Å². The molecule has 7 heteroatoms. The van der Waals surface area contributed by atoms with Gasteiger partial charge < -0.3 is 18.9 Å². The molecule has 1 aromatic rings. The van der Waals surface area contributed by atoms with Gasteiger partial charge in [-0.1, -0.05) is 5.16 Å². The topological polar surface area (TPSA) is 77.7 Å². The summed E-state index contributed by atoms with van der Waals surface area (Å²) in [6, 6.07) is 0. The average molecular weight is 323 g/mol. The molecule has 2 aliphatic rings. The number of amides is 1. The molecular weight excluding hydrogens is 298 g/mol. The molecule has 3 heterocycles. The van der Waals surface area contributed by atoms with Crippen LogP contribution in [0.3, 0.4) is 0 Å². The minimum absolute atomic E-state index is 0.141. The Morgan fingerprint density at radius 1 is 1.39 bits per heavy atom. The Morgan fingerprint density at radius 2 is 2.30 bits per heavy atom. The smallest absolute Gasteiger partial charge is 0.224 e. The molecule has 2 atom stereocenters. The Labute approximate surface area is 136 Å². The molecule has 7 nitrogen and oxygen atoms in total. The molecule has 2 saturated heterocycles. The van der Waals surface area contributed by atoms with Crippen LogP contribution in [-0.2, 0) is 14.3 Å². The van der Waals surface area contributed by atoms with Crippen LogP contribution in [0.5, 0.6) is 0 Å². The van der Waals surface area contributed by atoms with Crippen molar-refractivity contribution in [1.29, 1.82) is 0 Å². The highest BCUT2D eigenvalue weighted by atomic mass is 16.5. The van der Waals surface area contributed by atoms with Crippen molar-refractivity contribution >= 4 is 5.91 Å². The summed E-state index contributed by atoms with van der Waals surface area (Å²) in [6.07, 6.45) is 4.78. The van der Waals surface area contributed by atoms with Crippen LogP contribution in [0.25, 0.3) is 0 Å². The SMILES string of the molecule is Cc1nc([C@H]2CCCN(C(=O)CCOC[C@@H]3CCCO3)C2)no1. The van der Waals surface area contributed by atoms with E-state index in [1.165, 1.54) is 0 Å². The van der Waals surface area contributed by atoms with Gasteiger partial charge in [0.15, 0.2) is 5.82 Å². The highest BCUT2D eigenvalue weighted by Crippen LogP contribution is 2.25. The Morgan fingerprint density at radius 3 is 3.04 bits per heavy atom. The summed E-state index contributed by atoms with van der Waals surface area (Å²) in [5, 5.41) is 3.99. The molecule has 1 aromatic heterocycles. The summed E-state index contributed by atoms with van der Waals surface area (Å²) in [6.45, 7) is 5.14. The van der Waals surface area contributed by atoms with Gasteiger partial charge in [-0.25, -0.2) is 0 Å². The highest BCUT2D eigenvalue weighted by Gasteiger charge is 2.27. The fraction of sp³-hybridized carbons (Fsp3) is 0.812. The van der Waals surface area contributed by atoms with Gasteiger partial charge >= 0.3 is 0 Å². The molecule has 0 aromatic carbocycles. The molecule has 0 radical (unpaired) electrons. The van der Waals surface area contributed by atoms with Crippen molar-refractivity contribution in [3.05, 3.63) is 11.7 Å². The van der Waals surface area contributed by atoms with Crippen LogP contribution in [-0.4, -0.2) is 60.0 Å². The third-order valence-electron chi connectivity index (χ3n) is 4.47. The van der Waals surface area contributed by atoms with E-state index in [0.717, 1.165) is 44.7 Å². The van der Waals surface area contributed by atoms with Crippen molar-refractivity contribution in [1.82, 2.24) is 15.0 Å². The van der Waals surface area contributed by atoms with Gasteiger partial charge in [0.05, 0.1) is 25.7 Å². The summed E-state index contributed by atoms with van der Waals surface area (Å²) in [5.74, 6) is 1.61. The number of piperidine rings is 1. The number of rotatable bonds is 6. The van der Waals surface area contributed by atoms with Crippen LogP contribution < -0.4 is 0 Å². The zero-order valence-corrected chi connectivity index (χ0v) is 13.7. The fourth-order valence-corrected chi connectivity index (χ4v) is 3.20. The Balaban J connectivity index is 1.40. The van der Waals surface area contributed by atoms with Gasteiger partial charge in [0.2, 0.25) is 11.8 Å². The third-order valence-corrected chi connectivity index (χ3v) is 4.47. The normalized spacial score (nSPS) is 25.0. The quantitative estimate of drug-likeness (QED) is 0.741. The van der Waals surface area contributed by atoms with E-state index in [2.05, 4.69) is 10.1 Å². The first-order chi connectivity index (χ1) is 11.2. The Hall–Kier alpha value is -1.47. The number of carbonyl (C=O) groups excluding carboxylic acids is 1. The number of ether oxygens (including phenoxy) is 2. The van der Waals surface area contributed by atoms with Gasteiger partial charge in [0.1, 0.15) is 0 Å². The summed E-state index contributed by atoms with van der Waals surface area (Å²) >= 11 is 0. The van der Waals surface area contributed by atoms with E-state index in [1.54, 1.807) is 6.92 Å². The van der Waals surface area contributed by atoms with Crippen molar-refractivity contribution in [2.24, 2.45) is 0 Å². The number of aromatic nitrogens is 2. The van der Waals surface area contributed by atoms with Crippen molar-refractivity contribution in [2.75, 3.05) is 32.9 Å². The predicted octanol–water partition coefficient (Wildman–Crippen LogP) is 1.67. The summed E-state index contributed by atoms with van der Waals surface area (Å²) in [5.41, 5.74) is 0. The maximum atomic E-state index is 12.3. The second kappa shape index (κ2) is 7.88. The molecule has 0 N–H and O–H groups in total. The van der Waals surface area contributed by atoms with E-state index < -0.39 is 0 Å². The monoisotopic (exact) mass is 323 g/mol. The predicted molar refractivity (Wildman–Crippen MR) is 82.0 cm³/mol. The van der Waals surface area contributed by atoms with E-state index in [0.29, 0.717) is 32.1 Å². The molecule has 0 aliphatic carbocycles. The molecule has 0 bridgehead atoms. The van der Waals surface area contributed by atoms with Crippen molar-refractivity contribution in [2.45, 2.75) is 51.0 Å². The number of hydrogen-bond donors (Lipinski definition) is 0. The molecule has 1 amide bonds. The Bertz CT molecular complexity index is 513. The van der Waals surface area contributed by atoms with E-state index in [9.17, 15) is 4.79 Å². The number of aryl methyl sites for hydroxylation is 1. The van der Waals surface area contributed by atoms with Crippen molar-refractivity contribution < 1.29 is 18.8 Å². The lowest BCUT2D eigenvalue weighted by Gasteiger charge is -2.31. The van der Waals surface area contributed by atoms with Crippen molar-refractivity contribution in [3.8, 4) is 0 Å². The zero-order valence-electron chi connectivity index (χ0n) is 13.7. The van der Waals surface area contributed by atoms with E-state index in [-0.39, 0.29) is 17.9 Å². The Kier molecular flexibility index (Phi) is 5.61. The molecule has 0 saturated carbocycles. The first-order valence-corrected chi connectivity index (χ1v) is 8.49. The van der Waals surface area contributed by atoms with Gasteiger partial charge in [0, 0.05) is 32.5 Å². The highest BCUT2D eigenvalue weighted by molar-refractivity contribution is 5.76. The first-order valence-electron chi connectivity index (χ1n) is 8.49. The molecular formula is C16H25N3O4. The molecule has 0 spiro atoms. The van der Waals surface area contributed by atoms with Gasteiger partial charge in [0.25, 0.3) is 0 Å². The lowest BCUT2D eigenvalue weighted by molar-refractivity contribution is -0.133. The second-order valence-electron chi connectivity index (χ2n) is 6.31. The zero-order chi connectivity index (χ0) is 16.1. The molecule has 2 fully saturated rings. The van der Waals surface area contributed by atoms with Crippen LogP contribution in [0.1, 0.15) is 49.7 Å².